The second-order valence-corrected chi connectivity index (χ2v) is 15.7. The molecule has 1 heterocycles. The second-order valence-electron chi connectivity index (χ2n) is 15.7. The summed E-state index contributed by atoms with van der Waals surface area (Å²) >= 11 is 0. The summed E-state index contributed by atoms with van der Waals surface area (Å²) in [5.41, 5.74) is 3.07. The quantitative estimate of drug-likeness (QED) is 0.214. The highest BCUT2D eigenvalue weighted by molar-refractivity contribution is 6.37. The summed E-state index contributed by atoms with van der Waals surface area (Å²) in [7, 11) is 0. The van der Waals surface area contributed by atoms with Gasteiger partial charge in [0.1, 0.15) is 23.7 Å². The summed E-state index contributed by atoms with van der Waals surface area (Å²) < 4.78 is 5.54. The first kappa shape index (κ1) is 37.0. The number of rotatable bonds is 10. The van der Waals surface area contributed by atoms with E-state index < -0.39 is 76.1 Å². The van der Waals surface area contributed by atoms with Gasteiger partial charge in [-0.05, 0) is 62.7 Å². The molecule has 12 nitrogen and oxygen atoms in total. The highest BCUT2D eigenvalue weighted by Gasteiger charge is 2.45. The first-order chi connectivity index (χ1) is 20.0. The minimum absolute atomic E-state index is 0.218. The number of carbonyl (C=O) groups is 6. The van der Waals surface area contributed by atoms with Gasteiger partial charge in [0.2, 0.25) is 17.6 Å². The van der Waals surface area contributed by atoms with Crippen LogP contribution < -0.4 is 21.7 Å². The first-order valence-electron chi connectivity index (χ1n) is 15.8. The number of hydrogen-bond acceptors (Lipinski definition) is 7. The lowest BCUT2D eigenvalue weighted by molar-refractivity contribution is -0.160. The molecule has 0 aromatic rings. The molecular formula is C32H55N5O7. The Kier molecular flexibility index (Phi) is 12.0. The highest BCUT2D eigenvalue weighted by Crippen LogP contribution is 2.32. The van der Waals surface area contributed by atoms with Crippen LogP contribution in [0.2, 0.25) is 0 Å². The predicted octanol–water partition coefficient (Wildman–Crippen LogP) is 2.81. The molecular weight excluding hydrogens is 566 g/mol. The third-order valence-electron chi connectivity index (χ3n) is 8.33. The Morgan fingerprint density at radius 3 is 1.82 bits per heavy atom. The number of primary amides is 1. The Bertz CT molecular complexity index is 1100. The predicted molar refractivity (Wildman–Crippen MR) is 166 cm³/mol. The molecule has 0 aromatic heterocycles. The van der Waals surface area contributed by atoms with Crippen molar-refractivity contribution in [1.29, 1.82) is 0 Å². The SMILES string of the molecule is CC1CCCN(C(=O)C(NC(=O)NC(C(=O)OC(C)(C)C)C(C)(C)C)C(C)(C)C)C1C(=O)NC(CC1CCC1)C(=O)C(N)=O. The van der Waals surface area contributed by atoms with Crippen LogP contribution in [0.3, 0.4) is 0 Å². The van der Waals surface area contributed by atoms with Gasteiger partial charge in [0.15, 0.2) is 0 Å². The van der Waals surface area contributed by atoms with Crippen molar-refractivity contribution in [3.63, 3.8) is 0 Å². The number of Topliss-reactive ketones (excluding diaryl/α,β-unsaturated/α-hetero) is 1. The minimum atomic E-state index is -1.11. The van der Waals surface area contributed by atoms with Gasteiger partial charge in [0, 0.05) is 6.54 Å². The number of piperidine rings is 1. The molecule has 44 heavy (non-hydrogen) atoms. The number of nitrogens with two attached hydrogens (primary N) is 1. The molecule has 1 aliphatic heterocycles. The van der Waals surface area contributed by atoms with Crippen molar-refractivity contribution in [3.05, 3.63) is 0 Å². The van der Waals surface area contributed by atoms with E-state index in [2.05, 4.69) is 16.0 Å². The fourth-order valence-corrected chi connectivity index (χ4v) is 5.67. The van der Waals surface area contributed by atoms with Crippen molar-refractivity contribution in [2.45, 2.75) is 138 Å². The minimum Gasteiger partial charge on any atom is -0.458 e. The number of carbonyl (C=O) groups excluding carboxylic acids is 6. The molecule has 5 N–H and O–H groups in total. The Labute approximate surface area is 262 Å². The van der Waals surface area contributed by atoms with Gasteiger partial charge in [-0.2, -0.15) is 0 Å². The van der Waals surface area contributed by atoms with E-state index in [0.29, 0.717) is 19.3 Å². The van der Waals surface area contributed by atoms with Gasteiger partial charge in [-0.1, -0.05) is 67.7 Å². The summed E-state index contributed by atoms with van der Waals surface area (Å²) in [4.78, 5) is 80.1. The van der Waals surface area contributed by atoms with Crippen molar-refractivity contribution in [2.24, 2.45) is 28.4 Å². The zero-order valence-corrected chi connectivity index (χ0v) is 28.3. The zero-order valence-electron chi connectivity index (χ0n) is 28.3. The van der Waals surface area contributed by atoms with Gasteiger partial charge >= 0.3 is 12.0 Å². The van der Waals surface area contributed by atoms with Gasteiger partial charge in [-0.25, -0.2) is 9.59 Å². The summed E-state index contributed by atoms with van der Waals surface area (Å²) in [6, 6.07) is -4.75. The third kappa shape index (κ3) is 10.2. The van der Waals surface area contributed by atoms with Crippen LogP contribution in [-0.4, -0.2) is 76.7 Å². The molecule has 5 unspecified atom stereocenters. The molecule has 12 heteroatoms. The Morgan fingerprint density at radius 1 is 0.818 bits per heavy atom. The Balaban J connectivity index is 2.30. The number of urea groups is 1. The van der Waals surface area contributed by atoms with Gasteiger partial charge < -0.3 is 31.3 Å². The summed E-state index contributed by atoms with van der Waals surface area (Å²) in [6.07, 6.45) is 4.50. The van der Waals surface area contributed by atoms with E-state index in [0.717, 1.165) is 19.3 Å². The first-order valence-corrected chi connectivity index (χ1v) is 15.8. The average molecular weight is 622 g/mol. The molecule has 0 spiro atoms. The monoisotopic (exact) mass is 621 g/mol. The number of nitrogens with zero attached hydrogens (tertiary/aromatic N) is 1. The zero-order chi connectivity index (χ0) is 33.8. The molecule has 0 radical (unpaired) electrons. The Morgan fingerprint density at radius 2 is 1.36 bits per heavy atom. The summed E-state index contributed by atoms with van der Waals surface area (Å²) in [6.45, 7) is 18.2. The number of amides is 5. The van der Waals surface area contributed by atoms with Crippen molar-refractivity contribution in [3.8, 4) is 0 Å². The van der Waals surface area contributed by atoms with E-state index in [1.54, 1.807) is 62.3 Å². The van der Waals surface area contributed by atoms with Crippen molar-refractivity contribution >= 4 is 35.5 Å². The molecule has 5 amide bonds. The molecule has 0 aromatic carbocycles. The van der Waals surface area contributed by atoms with E-state index in [-0.39, 0.29) is 18.4 Å². The number of ether oxygens (including phenoxy) is 1. The molecule has 250 valence electrons. The van der Waals surface area contributed by atoms with Crippen LogP contribution in [0.4, 0.5) is 4.79 Å². The van der Waals surface area contributed by atoms with Gasteiger partial charge in [0.05, 0.1) is 6.04 Å². The molecule has 2 rings (SSSR count). The number of ketones is 1. The average Bonchev–Trinajstić information content (AvgIpc) is 2.83. The number of esters is 1. The number of nitrogens with one attached hydrogen (secondary N) is 3. The number of hydrogen-bond donors (Lipinski definition) is 4. The lowest BCUT2D eigenvalue weighted by Gasteiger charge is -2.43. The topological polar surface area (TPSA) is 177 Å². The molecule has 1 saturated heterocycles. The molecule has 5 atom stereocenters. The maximum Gasteiger partial charge on any atom is 0.329 e. The van der Waals surface area contributed by atoms with Gasteiger partial charge in [0.25, 0.3) is 5.91 Å². The normalized spacial score (nSPS) is 21.6. The van der Waals surface area contributed by atoms with Crippen LogP contribution in [0.25, 0.3) is 0 Å². The van der Waals surface area contributed by atoms with Crippen LogP contribution in [0.15, 0.2) is 0 Å². The highest BCUT2D eigenvalue weighted by atomic mass is 16.6. The van der Waals surface area contributed by atoms with E-state index in [1.165, 1.54) is 4.90 Å². The fourth-order valence-electron chi connectivity index (χ4n) is 5.67. The molecule has 1 aliphatic carbocycles. The van der Waals surface area contributed by atoms with Gasteiger partial charge in [-0.15, -0.1) is 0 Å². The molecule has 1 saturated carbocycles. The smallest absolute Gasteiger partial charge is 0.329 e. The van der Waals surface area contributed by atoms with Crippen molar-refractivity contribution in [2.75, 3.05) is 6.54 Å². The van der Waals surface area contributed by atoms with Crippen LogP contribution in [0, 0.1) is 22.7 Å². The van der Waals surface area contributed by atoms with Crippen LogP contribution in [-0.2, 0) is 28.7 Å². The Hall–Kier alpha value is -3.18. The van der Waals surface area contributed by atoms with E-state index >= 15 is 0 Å². The maximum absolute atomic E-state index is 14.2. The van der Waals surface area contributed by atoms with E-state index in [9.17, 15) is 28.8 Å². The fraction of sp³-hybridized carbons (Fsp3) is 0.812. The van der Waals surface area contributed by atoms with Crippen LogP contribution in [0.5, 0.6) is 0 Å². The lowest BCUT2D eigenvalue weighted by Crippen LogP contribution is -2.65. The number of likely N-dealkylation sites (tertiary alicyclic amines) is 1. The van der Waals surface area contributed by atoms with Crippen molar-refractivity contribution in [1.82, 2.24) is 20.9 Å². The summed E-state index contributed by atoms with van der Waals surface area (Å²) in [5, 5.41) is 8.21. The molecule has 2 aliphatic rings. The third-order valence-corrected chi connectivity index (χ3v) is 8.33. The van der Waals surface area contributed by atoms with E-state index in [4.69, 9.17) is 10.5 Å². The maximum atomic E-state index is 14.2. The van der Waals surface area contributed by atoms with Crippen molar-refractivity contribution < 1.29 is 33.5 Å². The van der Waals surface area contributed by atoms with Crippen LogP contribution >= 0.6 is 0 Å². The summed E-state index contributed by atoms with van der Waals surface area (Å²) in [5.74, 6) is -3.57. The van der Waals surface area contributed by atoms with Crippen LogP contribution in [0.1, 0.15) is 108 Å². The molecule has 0 bridgehead atoms. The largest absolute Gasteiger partial charge is 0.458 e. The second kappa shape index (κ2) is 14.3. The van der Waals surface area contributed by atoms with Gasteiger partial charge in [-0.3, -0.25) is 19.2 Å². The lowest BCUT2D eigenvalue weighted by atomic mass is 9.79. The van der Waals surface area contributed by atoms with E-state index in [1.807, 2.05) is 6.92 Å². The standard InChI is InChI=1S/C32H55N5O7/c1-18-13-12-16-37(21(18)26(40)34-20(22(38)25(33)39)17-19-14-11-15-19)27(41)23(30(2,3)4)35-29(43)36-24(31(5,6)7)28(42)44-32(8,9)10/h18-21,23-24H,11-17H2,1-10H3,(H2,33,39)(H,34,40)(H2,35,36,43). The molecule has 2 fully saturated rings.